The zero-order valence-electron chi connectivity index (χ0n) is 17.7. The molecular formula is C26H25F3O3. The number of allylic oxidation sites excluding steroid dienone is 1. The fourth-order valence-electron chi connectivity index (χ4n) is 3.73. The Labute approximate surface area is 186 Å². The van der Waals surface area contributed by atoms with E-state index >= 15 is 0 Å². The summed E-state index contributed by atoms with van der Waals surface area (Å²) in [6, 6.07) is 12.2. The molecule has 0 atom stereocenters. The van der Waals surface area contributed by atoms with Crippen LogP contribution in [-0.2, 0) is 4.79 Å². The van der Waals surface area contributed by atoms with E-state index in [1.807, 2.05) is 6.08 Å². The molecule has 1 aliphatic rings. The zero-order chi connectivity index (χ0) is 23.0. The first kappa shape index (κ1) is 23.5. The average Bonchev–Trinajstić information content (AvgIpc) is 2.77. The number of hydrogen-bond donors (Lipinski definition) is 0. The molecule has 0 aromatic heterocycles. The topological polar surface area (TPSA) is 35.5 Å². The van der Waals surface area contributed by atoms with Crippen LogP contribution >= 0.6 is 0 Å². The van der Waals surface area contributed by atoms with Crippen LogP contribution in [0.15, 0.2) is 61.2 Å². The number of alkyl halides is 3. The van der Waals surface area contributed by atoms with Crippen LogP contribution in [0.2, 0.25) is 0 Å². The van der Waals surface area contributed by atoms with Gasteiger partial charge in [0.15, 0.2) is 0 Å². The number of rotatable bonds is 6. The molecule has 0 spiro atoms. The van der Waals surface area contributed by atoms with E-state index in [9.17, 15) is 18.0 Å². The van der Waals surface area contributed by atoms with Crippen molar-refractivity contribution in [2.45, 2.75) is 44.9 Å². The minimum Gasteiger partial charge on any atom is -0.426 e. The van der Waals surface area contributed by atoms with Gasteiger partial charge in [-0.05, 0) is 93.0 Å². The van der Waals surface area contributed by atoms with Gasteiger partial charge < -0.3 is 9.47 Å². The van der Waals surface area contributed by atoms with Crippen molar-refractivity contribution in [3.63, 3.8) is 0 Å². The van der Waals surface area contributed by atoms with Crippen LogP contribution in [0.3, 0.4) is 0 Å². The van der Waals surface area contributed by atoms with Gasteiger partial charge in [0.25, 0.3) is 0 Å². The fraction of sp³-hybridized carbons (Fsp3) is 0.346. The van der Waals surface area contributed by atoms with Crippen molar-refractivity contribution < 1.29 is 27.4 Å². The molecule has 2 aromatic carbocycles. The van der Waals surface area contributed by atoms with E-state index < -0.39 is 6.36 Å². The standard InChI is InChI=1S/C26H25F3O3/c1-2-3-4-19-7-13-22(14-8-19)25(30)31-23-15-9-20(10-16-23)5-6-21-11-17-24(18-12-21)32-26(27,28)29/h2,9-12,15-19,22H,1,3-4,7-8,13-14H2/t19-,22-. The largest absolute Gasteiger partial charge is 0.573 e. The third kappa shape index (κ3) is 7.49. The molecule has 0 amide bonds. The predicted molar refractivity (Wildman–Crippen MR) is 116 cm³/mol. The van der Waals surface area contributed by atoms with E-state index in [1.54, 1.807) is 24.3 Å². The minimum atomic E-state index is -4.72. The van der Waals surface area contributed by atoms with Crippen LogP contribution in [-0.4, -0.2) is 12.3 Å². The van der Waals surface area contributed by atoms with E-state index in [0.29, 0.717) is 22.8 Å². The van der Waals surface area contributed by atoms with Gasteiger partial charge in [0.1, 0.15) is 11.5 Å². The number of halogens is 3. The van der Waals surface area contributed by atoms with Gasteiger partial charge in [0, 0.05) is 11.1 Å². The maximum Gasteiger partial charge on any atom is 0.573 e. The summed E-state index contributed by atoms with van der Waals surface area (Å²) in [5.74, 6) is 6.42. The first-order chi connectivity index (χ1) is 15.3. The molecule has 0 aliphatic heterocycles. The van der Waals surface area contributed by atoms with Crippen LogP contribution in [0.25, 0.3) is 0 Å². The number of hydrogen-bond acceptors (Lipinski definition) is 3. The van der Waals surface area contributed by atoms with Crippen LogP contribution in [0.4, 0.5) is 13.2 Å². The smallest absolute Gasteiger partial charge is 0.426 e. The number of carbonyl (C=O) groups is 1. The lowest BCUT2D eigenvalue weighted by atomic mass is 9.80. The Kier molecular flexibility index (Phi) is 7.99. The number of carbonyl (C=O) groups excluding carboxylic acids is 1. The lowest BCUT2D eigenvalue weighted by Crippen LogP contribution is -2.25. The van der Waals surface area contributed by atoms with Crippen molar-refractivity contribution in [3.05, 3.63) is 72.3 Å². The van der Waals surface area contributed by atoms with Gasteiger partial charge in [0.2, 0.25) is 0 Å². The molecular weight excluding hydrogens is 417 g/mol. The Morgan fingerprint density at radius 1 is 0.938 bits per heavy atom. The Hall–Kier alpha value is -3.20. The highest BCUT2D eigenvalue weighted by atomic mass is 19.4. The van der Waals surface area contributed by atoms with Crippen molar-refractivity contribution in [1.82, 2.24) is 0 Å². The molecule has 3 rings (SSSR count). The van der Waals surface area contributed by atoms with E-state index in [0.717, 1.165) is 38.5 Å². The average molecular weight is 442 g/mol. The summed E-state index contributed by atoms with van der Waals surface area (Å²) >= 11 is 0. The normalized spacial score (nSPS) is 18.2. The highest BCUT2D eigenvalue weighted by Gasteiger charge is 2.31. The second-order valence-corrected chi connectivity index (χ2v) is 7.85. The Morgan fingerprint density at radius 3 is 1.97 bits per heavy atom. The van der Waals surface area contributed by atoms with Gasteiger partial charge in [-0.15, -0.1) is 19.8 Å². The fourth-order valence-corrected chi connectivity index (χ4v) is 3.73. The molecule has 0 saturated heterocycles. The third-order valence-corrected chi connectivity index (χ3v) is 5.47. The molecule has 168 valence electrons. The van der Waals surface area contributed by atoms with Crippen LogP contribution in [0, 0.1) is 23.7 Å². The van der Waals surface area contributed by atoms with E-state index in [2.05, 4.69) is 23.2 Å². The summed E-state index contributed by atoms with van der Waals surface area (Å²) < 4.78 is 46.0. The minimum absolute atomic E-state index is 0.0567. The predicted octanol–water partition coefficient (Wildman–Crippen LogP) is 6.66. The van der Waals surface area contributed by atoms with Crippen LogP contribution < -0.4 is 9.47 Å². The highest BCUT2D eigenvalue weighted by molar-refractivity contribution is 5.75. The maximum absolute atomic E-state index is 12.5. The van der Waals surface area contributed by atoms with Gasteiger partial charge in [-0.1, -0.05) is 17.9 Å². The van der Waals surface area contributed by atoms with Gasteiger partial charge in [0.05, 0.1) is 5.92 Å². The Balaban J connectivity index is 1.50. The summed E-state index contributed by atoms with van der Waals surface area (Å²) in [5.41, 5.74) is 1.25. The molecule has 6 heteroatoms. The van der Waals surface area contributed by atoms with Gasteiger partial charge >= 0.3 is 12.3 Å². The summed E-state index contributed by atoms with van der Waals surface area (Å²) in [4.78, 5) is 12.5. The van der Waals surface area contributed by atoms with E-state index in [1.165, 1.54) is 24.3 Å². The quantitative estimate of drug-likeness (QED) is 0.217. The number of benzene rings is 2. The second-order valence-electron chi connectivity index (χ2n) is 7.85. The van der Waals surface area contributed by atoms with Crippen molar-refractivity contribution in [2.75, 3.05) is 0 Å². The maximum atomic E-state index is 12.5. The van der Waals surface area contributed by atoms with Crippen molar-refractivity contribution in [2.24, 2.45) is 11.8 Å². The van der Waals surface area contributed by atoms with Crippen LogP contribution in [0.5, 0.6) is 11.5 Å². The molecule has 3 nitrogen and oxygen atoms in total. The first-order valence-electron chi connectivity index (χ1n) is 10.6. The molecule has 1 fully saturated rings. The Morgan fingerprint density at radius 2 is 1.47 bits per heavy atom. The molecule has 32 heavy (non-hydrogen) atoms. The van der Waals surface area contributed by atoms with Gasteiger partial charge in [-0.3, -0.25) is 4.79 Å². The SMILES string of the molecule is C=CCC[C@H]1CC[C@H](C(=O)Oc2ccc(C#Cc3ccc(OC(F)(F)F)cc3)cc2)CC1. The molecule has 1 saturated carbocycles. The number of esters is 1. The summed E-state index contributed by atoms with van der Waals surface area (Å²) in [6.45, 7) is 3.76. The molecule has 0 N–H and O–H groups in total. The van der Waals surface area contributed by atoms with Crippen LogP contribution in [0.1, 0.15) is 49.7 Å². The van der Waals surface area contributed by atoms with Crippen molar-refractivity contribution >= 4 is 5.97 Å². The molecule has 1 aliphatic carbocycles. The zero-order valence-corrected chi connectivity index (χ0v) is 17.7. The highest BCUT2D eigenvalue weighted by Crippen LogP contribution is 2.32. The summed E-state index contributed by atoms with van der Waals surface area (Å²) in [6.07, 6.45) is 3.19. The lowest BCUT2D eigenvalue weighted by Gasteiger charge is -2.26. The monoisotopic (exact) mass is 442 g/mol. The second kappa shape index (κ2) is 10.9. The molecule has 0 radical (unpaired) electrons. The first-order valence-corrected chi connectivity index (χ1v) is 10.6. The summed E-state index contributed by atoms with van der Waals surface area (Å²) in [7, 11) is 0. The van der Waals surface area contributed by atoms with Gasteiger partial charge in [-0.2, -0.15) is 0 Å². The van der Waals surface area contributed by atoms with Gasteiger partial charge in [-0.25, -0.2) is 0 Å². The molecule has 0 heterocycles. The number of ether oxygens (including phenoxy) is 2. The Bertz CT molecular complexity index is 959. The van der Waals surface area contributed by atoms with Crippen molar-refractivity contribution in [3.8, 4) is 23.3 Å². The van der Waals surface area contributed by atoms with E-state index in [-0.39, 0.29) is 17.6 Å². The van der Waals surface area contributed by atoms with E-state index in [4.69, 9.17) is 4.74 Å². The third-order valence-electron chi connectivity index (χ3n) is 5.47. The lowest BCUT2D eigenvalue weighted by molar-refractivity contribution is -0.274. The summed E-state index contributed by atoms with van der Waals surface area (Å²) in [5, 5.41) is 0. The molecule has 0 bridgehead atoms. The molecule has 0 unspecified atom stereocenters. The van der Waals surface area contributed by atoms with Crippen molar-refractivity contribution in [1.29, 1.82) is 0 Å². The molecule has 2 aromatic rings.